The fraction of sp³-hybridized carbons (Fsp3) is 0.286. The van der Waals surface area contributed by atoms with Crippen molar-refractivity contribution in [2.24, 2.45) is 0 Å². The summed E-state index contributed by atoms with van der Waals surface area (Å²) in [6, 6.07) is 7.43. The number of ether oxygens (including phenoxy) is 4. The SMILES string of the molecule is COc1ccc(C=CC(=O)c2c(OC)c(C)c(OC)c(C)c2OC)cc1. The Morgan fingerprint density at radius 2 is 1.27 bits per heavy atom. The van der Waals surface area contributed by atoms with E-state index in [0.717, 1.165) is 22.4 Å². The van der Waals surface area contributed by atoms with Crippen molar-refractivity contribution >= 4 is 11.9 Å². The van der Waals surface area contributed by atoms with Crippen LogP contribution in [-0.2, 0) is 0 Å². The third-order valence-corrected chi connectivity index (χ3v) is 4.22. The topological polar surface area (TPSA) is 54.0 Å². The van der Waals surface area contributed by atoms with Gasteiger partial charge < -0.3 is 18.9 Å². The number of carbonyl (C=O) groups excluding carboxylic acids is 1. The minimum Gasteiger partial charge on any atom is -0.497 e. The summed E-state index contributed by atoms with van der Waals surface area (Å²) in [5.41, 5.74) is 2.79. The third kappa shape index (κ3) is 3.67. The van der Waals surface area contributed by atoms with E-state index in [4.69, 9.17) is 18.9 Å². The molecule has 0 heterocycles. The predicted molar refractivity (Wildman–Crippen MR) is 102 cm³/mol. The molecule has 0 spiro atoms. The second kappa shape index (κ2) is 8.43. The largest absolute Gasteiger partial charge is 0.497 e. The van der Waals surface area contributed by atoms with Gasteiger partial charge in [0.25, 0.3) is 0 Å². The van der Waals surface area contributed by atoms with Gasteiger partial charge in [-0.05, 0) is 37.6 Å². The molecule has 5 nitrogen and oxygen atoms in total. The van der Waals surface area contributed by atoms with Gasteiger partial charge in [-0.15, -0.1) is 0 Å². The molecule has 5 heteroatoms. The minimum atomic E-state index is -0.205. The second-order valence-corrected chi connectivity index (χ2v) is 5.70. The van der Waals surface area contributed by atoms with E-state index >= 15 is 0 Å². The summed E-state index contributed by atoms with van der Waals surface area (Å²) in [4.78, 5) is 12.9. The van der Waals surface area contributed by atoms with Gasteiger partial charge in [-0.1, -0.05) is 18.2 Å². The fourth-order valence-electron chi connectivity index (χ4n) is 2.98. The van der Waals surface area contributed by atoms with Crippen molar-refractivity contribution in [2.75, 3.05) is 28.4 Å². The van der Waals surface area contributed by atoms with E-state index in [0.29, 0.717) is 22.8 Å². The molecule has 0 unspecified atom stereocenters. The van der Waals surface area contributed by atoms with Crippen LogP contribution in [0.3, 0.4) is 0 Å². The molecule has 26 heavy (non-hydrogen) atoms. The molecule has 0 aromatic heterocycles. The average molecular weight is 356 g/mol. The molecule has 2 aromatic rings. The van der Waals surface area contributed by atoms with Crippen LogP contribution in [0.2, 0.25) is 0 Å². The summed E-state index contributed by atoms with van der Waals surface area (Å²) in [5.74, 6) is 2.11. The van der Waals surface area contributed by atoms with Gasteiger partial charge in [0.05, 0.1) is 28.4 Å². The Bertz CT molecular complexity index is 788. The summed E-state index contributed by atoms with van der Waals surface area (Å²) >= 11 is 0. The van der Waals surface area contributed by atoms with Crippen molar-refractivity contribution in [3.63, 3.8) is 0 Å². The molecule has 0 N–H and O–H groups in total. The Morgan fingerprint density at radius 3 is 1.69 bits per heavy atom. The van der Waals surface area contributed by atoms with Gasteiger partial charge in [-0.2, -0.15) is 0 Å². The lowest BCUT2D eigenvalue weighted by atomic mass is 9.98. The molecule has 0 bridgehead atoms. The van der Waals surface area contributed by atoms with Crippen LogP contribution in [-0.4, -0.2) is 34.2 Å². The molecule has 0 amide bonds. The normalized spacial score (nSPS) is 10.7. The first-order valence-electron chi connectivity index (χ1n) is 8.14. The molecule has 0 aliphatic heterocycles. The van der Waals surface area contributed by atoms with Crippen LogP contribution >= 0.6 is 0 Å². The van der Waals surface area contributed by atoms with Crippen molar-refractivity contribution in [1.82, 2.24) is 0 Å². The van der Waals surface area contributed by atoms with Crippen LogP contribution in [0.1, 0.15) is 27.0 Å². The first-order valence-corrected chi connectivity index (χ1v) is 8.14. The van der Waals surface area contributed by atoms with Gasteiger partial charge in [0.1, 0.15) is 28.6 Å². The van der Waals surface area contributed by atoms with E-state index in [-0.39, 0.29) is 5.78 Å². The number of hydrogen-bond donors (Lipinski definition) is 0. The Morgan fingerprint density at radius 1 is 0.769 bits per heavy atom. The highest BCUT2D eigenvalue weighted by Crippen LogP contribution is 2.43. The maximum atomic E-state index is 12.9. The van der Waals surface area contributed by atoms with Crippen molar-refractivity contribution < 1.29 is 23.7 Å². The van der Waals surface area contributed by atoms with Crippen LogP contribution in [0, 0.1) is 13.8 Å². The molecule has 0 radical (unpaired) electrons. The number of benzene rings is 2. The summed E-state index contributed by atoms with van der Waals surface area (Å²) in [6.07, 6.45) is 3.25. The average Bonchev–Trinajstić information content (AvgIpc) is 2.66. The standard InChI is InChI=1S/C21H24O5/c1-13-19(24-4)14(2)21(26-6)18(20(13)25-5)17(22)12-9-15-7-10-16(23-3)11-8-15/h7-12H,1-6H3. The molecule has 0 saturated carbocycles. The Hall–Kier alpha value is -2.95. The Kier molecular flexibility index (Phi) is 6.28. The fourth-order valence-corrected chi connectivity index (χ4v) is 2.98. The van der Waals surface area contributed by atoms with Crippen LogP contribution in [0.4, 0.5) is 0 Å². The lowest BCUT2D eigenvalue weighted by Gasteiger charge is -2.19. The highest BCUT2D eigenvalue weighted by molar-refractivity contribution is 6.11. The van der Waals surface area contributed by atoms with Gasteiger partial charge in [0, 0.05) is 11.1 Å². The lowest BCUT2D eigenvalue weighted by molar-refractivity contribution is 0.104. The number of hydrogen-bond acceptors (Lipinski definition) is 5. The van der Waals surface area contributed by atoms with Crippen molar-refractivity contribution in [1.29, 1.82) is 0 Å². The molecule has 0 aliphatic carbocycles. The monoisotopic (exact) mass is 356 g/mol. The molecule has 138 valence electrons. The number of carbonyl (C=O) groups is 1. The van der Waals surface area contributed by atoms with Crippen LogP contribution < -0.4 is 18.9 Å². The van der Waals surface area contributed by atoms with Gasteiger partial charge in [-0.25, -0.2) is 0 Å². The molecular formula is C21H24O5. The first kappa shape index (κ1) is 19.4. The molecular weight excluding hydrogens is 332 g/mol. The van der Waals surface area contributed by atoms with E-state index in [1.54, 1.807) is 20.3 Å². The molecule has 2 aromatic carbocycles. The zero-order valence-corrected chi connectivity index (χ0v) is 16.0. The van der Waals surface area contributed by atoms with Crippen LogP contribution in [0.25, 0.3) is 6.08 Å². The Labute approximate surface area is 154 Å². The summed E-state index contributed by atoms with van der Waals surface area (Å²) < 4.78 is 21.6. The van der Waals surface area contributed by atoms with E-state index < -0.39 is 0 Å². The van der Waals surface area contributed by atoms with Gasteiger partial charge in [-0.3, -0.25) is 4.79 Å². The van der Waals surface area contributed by atoms with Crippen molar-refractivity contribution in [3.05, 3.63) is 52.6 Å². The van der Waals surface area contributed by atoms with E-state index in [1.165, 1.54) is 20.3 Å². The van der Waals surface area contributed by atoms with Crippen molar-refractivity contribution in [3.8, 4) is 23.0 Å². The molecule has 0 aliphatic rings. The van der Waals surface area contributed by atoms with Gasteiger partial charge >= 0.3 is 0 Å². The van der Waals surface area contributed by atoms with E-state index in [1.807, 2.05) is 38.1 Å². The molecule has 0 saturated heterocycles. The highest BCUT2D eigenvalue weighted by Gasteiger charge is 2.25. The maximum Gasteiger partial charge on any atom is 0.193 e. The Balaban J connectivity index is 2.48. The zero-order valence-electron chi connectivity index (χ0n) is 16.0. The first-order chi connectivity index (χ1) is 12.5. The van der Waals surface area contributed by atoms with E-state index in [9.17, 15) is 4.79 Å². The quantitative estimate of drug-likeness (QED) is 0.549. The number of ketones is 1. The number of rotatable bonds is 7. The van der Waals surface area contributed by atoms with Gasteiger partial charge in [0.15, 0.2) is 5.78 Å². The lowest BCUT2D eigenvalue weighted by Crippen LogP contribution is -2.08. The zero-order chi connectivity index (χ0) is 19.3. The van der Waals surface area contributed by atoms with E-state index in [2.05, 4.69) is 0 Å². The number of allylic oxidation sites excluding steroid dienone is 1. The minimum absolute atomic E-state index is 0.205. The summed E-state index contributed by atoms with van der Waals surface area (Å²) in [5, 5.41) is 0. The maximum absolute atomic E-state index is 12.9. The molecule has 2 rings (SSSR count). The van der Waals surface area contributed by atoms with Crippen molar-refractivity contribution in [2.45, 2.75) is 13.8 Å². The predicted octanol–water partition coefficient (Wildman–Crippen LogP) is 4.23. The summed E-state index contributed by atoms with van der Waals surface area (Å²) in [7, 11) is 6.25. The highest BCUT2D eigenvalue weighted by atomic mass is 16.5. The van der Waals surface area contributed by atoms with Gasteiger partial charge in [0.2, 0.25) is 0 Å². The smallest absolute Gasteiger partial charge is 0.193 e. The van der Waals surface area contributed by atoms with Crippen LogP contribution in [0.5, 0.6) is 23.0 Å². The molecule has 0 fully saturated rings. The number of methoxy groups -OCH3 is 4. The molecule has 0 atom stereocenters. The summed E-state index contributed by atoms with van der Waals surface area (Å²) in [6.45, 7) is 3.71. The van der Waals surface area contributed by atoms with Crippen LogP contribution in [0.15, 0.2) is 30.3 Å². The third-order valence-electron chi connectivity index (χ3n) is 4.22. The second-order valence-electron chi connectivity index (χ2n) is 5.70.